The summed E-state index contributed by atoms with van der Waals surface area (Å²) < 4.78 is 59.8. The fourth-order valence-corrected chi connectivity index (χ4v) is 1.02. The average molecular weight is 204 g/mol. The highest BCUT2D eigenvalue weighted by Gasteiger charge is 2.42. The van der Waals surface area contributed by atoms with Crippen molar-refractivity contribution in [3.05, 3.63) is 0 Å². The molecule has 0 saturated heterocycles. The van der Waals surface area contributed by atoms with E-state index in [0.29, 0.717) is 6.42 Å². The summed E-state index contributed by atoms with van der Waals surface area (Å²) in [5.74, 6) is -3.59. The minimum absolute atomic E-state index is 0.152. The highest BCUT2D eigenvalue weighted by Crippen LogP contribution is 2.34. The van der Waals surface area contributed by atoms with Crippen molar-refractivity contribution < 1.29 is 22.0 Å². The molecule has 0 amide bonds. The summed E-state index contributed by atoms with van der Waals surface area (Å²) >= 11 is 0. The van der Waals surface area contributed by atoms with Gasteiger partial charge < -0.3 is 0 Å². The van der Waals surface area contributed by atoms with Gasteiger partial charge in [0.05, 0.1) is 0 Å². The van der Waals surface area contributed by atoms with Gasteiger partial charge in [-0.1, -0.05) is 19.8 Å². The Morgan fingerprint density at radius 3 is 1.85 bits per heavy atom. The van der Waals surface area contributed by atoms with Crippen LogP contribution >= 0.6 is 0 Å². The maximum absolute atomic E-state index is 12.5. The second-order valence-electron chi connectivity index (χ2n) is 3.11. The monoisotopic (exact) mass is 204 g/mol. The van der Waals surface area contributed by atoms with Gasteiger partial charge in [0.25, 0.3) is 5.92 Å². The first kappa shape index (κ1) is 12.7. The van der Waals surface area contributed by atoms with Crippen LogP contribution in [0.2, 0.25) is 0 Å². The van der Waals surface area contributed by atoms with Crippen LogP contribution in [0.3, 0.4) is 0 Å². The molecule has 0 aliphatic heterocycles. The van der Waals surface area contributed by atoms with E-state index in [1.54, 1.807) is 0 Å². The Morgan fingerprint density at radius 2 is 1.46 bits per heavy atom. The molecule has 0 nitrogen and oxygen atoms in total. The molecule has 0 fully saturated rings. The first-order chi connectivity index (χ1) is 5.77. The Balaban J connectivity index is 3.80. The van der Waals surface area contributed by atoms with E-state index in [1.807, 2.05) is 6.92 Å². The third-order valence-electron chi connectivity index (χ3n) is 1.61. The van der Waals surface area contributed by atoms with Gasteiger partial charge in [-0.15, -0.1) is 0 Å². The zero-order valence-electron chi connectivity index (χ0n) is 7.43. The smallest absolute Gasteiger partial charge is 0.207 e. The highest BCUT2D eigenvalue weighted by molar-refractivity contribution is 4.70. The molecule has 0 heterocycles. The van der Waals surface area contributed by atoms with Crippen molar-refractivity contribution in [1.29, 1.82) is 0 Å². The van der Waals surface area contributed by atoms with Crippen LogP contribution in [0.4, 0.5) is 22.0 Å². The van der Waals surface area contributed by atoms with Gasteiger partial charge in [0, 0.05) is 6.42 Å². The second-order valence-corrected chi connectivity index (χ2v) is 3.11. The highest BCUT2D eigenvalue weighted by atomic mass is 19.4. The maximum Gasteiger partial charge on any atom is 0.394 e. The van der Waals surface area contributed by atoms with Crippen molar-refractivity contribution in [2.45, 2.75) is 51.1 Å². The van der Waals surface area contributed by atoms with Crippen LogP contribution in [0.15, 0.2) is 0 Å². The molecule has 0 atom stereocenters. The van der Waals surface area contributed by atoms with E-state index in [2.05, 4.69) is 0 Å². The van der Waals surface area contributed by atoms with E-state index < -0.39 is 24.9 Å². The predicted molar refractivity (Wildman–Crippen MR) is 39.8 cm³/mol. The molecule has 0 aromatic heterocycles. The molecular weight excluding hydrogens is 191 g/mol. The van der Waals surface area contributed by atoms with Gasteiger partial charge in [-0.05, 0) is 6.42 Å². The topological polar surface area (TPSA) is 0 Å². The lowest BCUT2D eigenvalue weighted by Crippen LogP contribution is -2.25. The van der Waals surface area contributed by atoms with Crippen LogP contribution in [-0.2, 0) is 0 Å². The molecule has 0 aliphatic rings. The van der Waals surface area contributed by atoms with Crippen LogP contribution in [0.1, 0.15) is 39.0 Å². The summed E-state index contributed by atoms with van der Waals surface area (Å²) in [7, 11) is 0. The minimum Gasteiger partial charge on any atom is -0.207 e. The zero-order valence-corrected chi connectivity index (χ0v) is 7.43. The third-order valence-corrected chi connectivity index (χ3v) is 1.61. The number of alkyl halides is 5. The summed E-state index contributed by atoms with van der Waals surface area (Å²) in [5, 5.41) is 0. The fraction of sp³-hybridized carbons (Fsp3) is 1.00. The molecule has 13 heavy (non-hydrogen) atoms. The van der Waals surface area contributed by atoms with Crippen molar-refractivity contribution in [1.82, 2.24) is 0 Å². The Bertz CT molecular complexity index is 138. The molecule has 0 bridgehead atoms. The van der Waals surface area contributed by atoms with E-state index >= 15 is 0 Å². The summed E-state index contributed by atoms with van der Waals surface area (Å²) in [6, 6.07) is 0. The van der Waals surface area contributed by atoms with Gasteiger partial charge in [-0.2, -0.15) is 13.2 Å². The molecule has 0 aliphatic carbocycles. The normalized spacial score (nSPS) is 13.4. The molecule has 0 N–H and O–H groups in total. The van der Waals surface area contributed by atoms with Gasteiger partial charge in [-0.25, -0.2) is 8.78 Å². The van der Waals surface area contributed by atoms with Gasteiger partial charge >= 0.3 is 6.18 Å². The van der Waals surface area contributed by atoms with Crippen molar-refractivity contribution in [2.24, 2.45) is 0 Å². The van der Waals surface area contributed by atoms with Crippen LogP contribution in [-0.4, -0.2) is 12.1 Å². The van der Waals surface area contributed by atoms with Crippen molar-refractivity contribution in [2.75, 3.05) is 0 Å². The molecular formula is C8H13F5. The van der Waals surface area contributed by atoms with Crippen molar-refractivity contribution in [3.63, 3.8) is 0 Å². The van der Waals surface area contributed by atoms with E-state index in [1.165, 1.54) is 0 Å². The minimum atomic E-state index is -4.77. The summed E-state index contributed by atoms with van der Waals surface area (Å²) in [6.45, 7) is 1.81. The first-order valence-electron chi connectivity index (χ1n) is 4.21. The first-order valence-corrected chi connectivity index (χ1v) is 4.21. The summed E-state index contributed by atoms with van der Waals surface area (Å²) in [4.78, 5) is 0. The van der Waals surface area contributed by atoms with E-state index in [-0.39, 0.29) is 6.42 Å². The molecule has 5 heteroatoms. The average Bonchev–Trinajstić information content (AvgIpc) is 1.81. The second kappa shape index (κ2) is 4.77. The Morgan fingerprint density at radius 1 is 0.923 bits per heavy atom. The molecule has 0 radical (unpaired) electrons. The molecule has 80 valence electrons. The number of halogens is 5. The van der Waals surface area contributed by atoms with Gasteiger partial charge in [0.1, 0.15) is 6.42 Å². The maximum atomic E-state index is 12.5. The summed E-state index contributed by atoms with van der Waals surface area (Å²) in [6.07, 6.45) is -6.01. The fourth-order valence-electron chi connectivity index (χ4n) is 1.02. The summed E-state index contributed by atoms with van der Waals surface area (Å²) in [5.41, 5.74) is 0. The molecule has 0 spiro atoms. The zero-order chi connectivity index (χ0) is 10.5. The van der Waals surface area contributed by atoms with Crippen LogP contribution in [0, 0.1) is 0 Å². The number of hydrogen-bond donors (Lipinski definition) is 0. The van der Waals surface area contributed by atoms with E-state index in [0.717, 1.165) is 6.42 Å². The van der Waals surface area contributed by atoms with Gasteiger partial charge in [0.2, 0.25) is 0 Å². The Hall–Kier alpha value is -0.350. The predicted octanol–water partition coefficient (Wildman–Crippen LogP) is 4.15. The lowest BCUT2D eigenvalue weighted by molar-refractivity contribution is -0.189. The Kier molecular flexibility index (Phi) is 4.64. The number of hydrogen-bond acceptors (Lipinski definition) is 0. The van der Waals surface area contributed by atoms with Crippen LogP contribution in [0.25, 0.3) is 0 Å². The van der Waals surface area contributed by atoms with E-state index in [4.69, 9.17) is 0 Å². The standard InChI is InChI=1S/C8H13F5/c1-2-3-4-5-7(9,10)6-8(11,12)13/h2-6H2,1H3. The molecule has 0 aromatic rings. The van der Waals surface area contributed by atoms with E-state index in [9.17, 15) is 22.0 Å². The quantitative estimate of drug-likeness (QED) is 0.466. The third kappa shape index (κ3) is 7.99. The molecule has 0 rings (SSSR count). The van der Waals surface area contributed by atoms with Gasteiger partial charge in [0.15, 0.2) is 0 Å². The number of unbranched alkanes of at least 4 members (excludes halogenated alkanes) is 2. The lowest BCUT2D eigenvalue weighted by Gasteiger charge is -2.17. The van der Waals surface area contributed by atoms with Crippen molar-refractivity contribution >= 4 is 0 Å². The largest absolute Gasteiger partial charge is 0.394 e. The molecule has 0 saturated carbocycles. The molecule has 0 unspecified atom stereocenters. The Labute approximate surface area is 74.1 Å². The van der Waals surface area contributed by atoms with Crippen molar-refractivity contribution in [3.8, 4) is 0 Å². The van der Waals surface area contributed by atoms with Crippen LogP contribution < -0.4 is 0 Å². The SMILES string of the molecule is CCCCCC(F)(F)CC(F)(F)F. The van der Waals surface area contributed by atoms with Crippen LogP contribution in [0.5, 0.6) is 0 Å². The number of rotatable bonds is 5. The molecule has 0 aromatic carbocycles. The van der Waals surface area contributed by atoms with Gasteiger partial charge in [-0.3, -0.25) is 0 Å². The lowest BCUT2D eigenvalue weighted by atomic mass is 10.1.